The molecule has 2 aliphatic rings. The number of carbonyl (C=O) groups excluding carboxylic acids is 1. The van der Waals surface area contributed by atoms with Crippen LogP contribution in [0.5, 0.6) is 0 Å². The zero-order chi connectivity index (χ0) is 23.1. The summed E-state index contributed by atoms with van der Waals surface area (Å²) in [7, 11) is 1.96. The topological polar surface area (TPSA) is 103 Å². The Morgan fingerprint density at radius 3 is 2.70 bits per heavy atom. The number of rotatable bonds is 3. The molecule has 0 unspecified atom stereocenters. The van der Waals surface area contributed by atoms with E-state index >= 15 is 0 Å². The Labute approximate surface area is 193 Å². The molecule has 1 fully saturated rings. The number of amides is 1. The second-order valence-corrected chi connectivity index (χ2v) is 8.81. The number of nitrogens with zero attached hydrogens (tertiary/aromatic N) is 6. The average Bonchev–Trinajstić information content (AvgIpc) is 3.47. The van der Waals surface area contributed by atoms with E-state index in [-0.39, 0.29) is 11.8 Å². The van der Waals surface area contributed by atoms with Crippen molar-refractivity contribution in [3.05, 3.63) is 35.7 Å². The number of fused-ring (bicyclic) bond motifs is 1. The number of aromatic nitrogens is 5. The Morgan fingerprint density at radius 1 is 1.24 bits per heavy atom. The van der Waals surface area contributed by atoms with Crippen LogP contribution in [0, 0.1) is 25.2 Å². The SMILES string of the molecule is C#Cc1ncc(-c2c(C3=CC[C@H](C(=O)N4CCCC4)CC3)c3c(N)ncnc3n2C)c(C)n1. The van der Waals surface area contributed by atoms with Crippen LogP contribution in [-0.4, -0.2) is 48.4 Å². The molecule has 0 spiro atoms. The van der Waals surface area contributed by atoms with Crippen LogP contribution in [0.2, 0.25) is 0 Å². The first-order valence-electron chi connectivity index (χ1n) is 11.4. The molecule has 3 aromatic rings. The minimum atomic E-state index is 0.0406. The summed E-state index contributed by atoms with van der Waals surface area (Å²) in [5.74, 6) is 3.62. The van der Waals surface area contributed by atoms with Gasteiger partial charge in [0.05, 0.1) is 16.8 Å². The lowest BCUT2D eigenvalue weighted by atomic mass is 9.84. The first-order valence-corrected chi connectivity index (χ1v) is 11.4. The number of nitrogens with two attached hydrogens (primary N) is 1. The Morgan fingerprint density at radius 2 is 2.03 bits per heavy atom. The highest BCUT2D eigenvalue weighted by atomic mass is 16.2. The van der Waals surface area contributed by atoms with Crippen molar-refractivity contribution in [2.75, 3.05) is 18.8 Å². The predicted molar refractivity (Wildman–Crippen MR) is 128 cm³/mol. The highest BCUT2D eigenvalue weighted by Crippen LogP contribution is 2.43. The summed E-state index contributed by atoms with van der Waals surface area (Å²) in [4.78, 5) is 32.5. The quantitative estimate of drug-likeness (QED) is 0.627. The number of terminal acetylenes is 1. The van der Waals surface area contributed by atoms with Gasteiger partial charge in [0.2, 0.25) is 11.7 Å². The third kappa shape index (κ3) is 3.54. The van der Waals surface area contributed by atoms with Gasteiger partial charge in [-0.05, 0) is 50.5 Å². The molecule has 0 aromatic carbocycles. The summed E-state index contributed by atoms with van der Waals surface area (Å²) >= 11 is 0. The molecule has 1 atom stereocenters. The summed E-state index contributed by atoms with van der Waals surface area (Å²) in [5, 5.41) is 0.825. The summed E-state index contributed by atoms with van der Waals surface area (Å²) in [5.41, 5.74) is 11.9. The number of hydrogen-bond donors (Lipinski definition) is 1. The molecule has 1 amide bonds. The van der Waals surface area contributed by atoms with Gasteiger partial charge >= 0.3 is 0 Å². The maximum Gasteiger partial charge on any atom is 0.226 e. The van der Waals surface area contributed by atoms with Crippen molar-refractivity contribution in [2.45, 2.75) is 39.0 Å². The summed E-state index contributed by atoms with van der Waals surface area (Å²) < 4.78 is 2.02. The average molecular weight is 442 g/mol. The second kappa shape index (κ2) is 8.32. The van der Waals surface area contributed by atoms with Gasteiger partial charge in [0.25, 0.3) is 0 Å². The summed E-state index contributed by atoms with van der Waals surface area (Å²) in [6.07, 6.45) is 15.5. The van der Waals surface area contributed by atoms with Gasteiger partial charge in [0.1, 0.15) is 17.8 Å². The fourth-order valence-corrected chi connectivity index (χ4v) is 5.15. The van der Waals surface area contributed by atoms with Crippen LogP contribution in [0.4, 0.5) is 5.82 Å². The molecule has 3 aromatic heterocycles. The minimum Gasteiger partial charge on any atom is -0.383 e. The predicted octanol–water partition coefficient (Wildman–Crippen LogP) is 3.10. The first kappa shape index (κ1) is 21.1. The number of nitrogen functional groups attached to an aromatic ring is 1. The molecule has 1 aliphatic heterocycles. The normalized spacial score (nSPS) is 18.4. The van der Waals surface area contributed by atoms with E-state index in [0.29, 0.717) is 11.6 Å². The molecule has 8 nitrogen and oxygen atoms in total. The van der Waals surface area contributed by atoms with Gasteiger partial charge in [0.15, 0.2) is 0 Å². The van der Waals surface area contributed by atoms with Gasteiger partial charge in [-0.25, -0.2) is 19.9 Å². The number of aryl methyl sites for hydroxylation is 2. The maximum absolute atomic E-state index is 12.9. The Kier molecular flexibility index (Phi) is 5.33. The van der Waals surface area contributed by atoms with Crippen molar-refractivity contribution in [1.82, 2.24) is 29.4 Å². The van der Waals surface area contributed by atoms with E-state index in [2.05, 4.69) is 31.9 Å². The largest absolute Gasteiger partial charge is 0.383 e. The highest BCUT2D eigenvalue weighted by Gasteiger charge is 2.31. The van der Waals surface area contributed by atoms with Crippen LogP contribution >= 0.6 is 0 Å². The Hall–Kier alpha value is -3.73. The molecule has 33 heavy (non-hydrogen) atoms. The van der Waals surface area contributed by atoms with E-state index in [1.165, 1.54) is 6.33 Å². The molecule has 2 N–H and O–H groups in total. The van der Waals surface area contributed by atoms with Crippen LogP contribution in [0.3, 0.4) is 0 Å². The van der Waals surface area contributed by atoms with Gasteiger partial charge in [-0.15, -0.1) is 6.42 Å². The van der Waals surface area contributed by atoms with Crippen molar-refractivity contribution in [3.8, 4) is 23.6 Å². The molecule has 168 valence electrons. The van der Waals surface area contributed by atoms with Gasteiger partial charge in [-0.2, -0.15) is 0 Å². The zero-order valence-corrected chi connectivity index (χ0v) is 19.0. The summed E-state index contributed by atoms with van der Waals surface area (Å²) in [6.45, 7) is 3.70. The fraction of sp³-hybridized carbons (Fsp3) is 0.400. The van der Waals surface area contributed by atoms with Crippen molar-refractivity contribution in [3.63, 3.8) is 0 Å². The first-order chi connectivity index (χ1) is 16.0. The minimum absolute atomic E-state index is 0.0406. The van der Waals surface area contributed by atoms with E-state index < -0.39 is 0 Å². The van der Waals surface area contributed by atoms with Crippen LogP contribution in [0.15, 0.2) is 18.6 Å². The van der Waals surface area contributed by atoms with Crippen molar-refractivity contribution in [2.24, 2.45) is 13.0 Å². The monoisotopic (exact) mass is 441 g/mol. The molecule has 0 radical (unpaired) electrons. The third-order valence-corrected chi connectivity index (χ3v) is 6.86. The molecule has 1 saturated heterocycles. The number of anilines is 1. The van der Waals surface area contributed by atoms with E-state index in [1.807, 2.05) is 23.4 Å². The highest BCUT2D eigenvalue weighted by molar-refractivity contribution is 6.04. The molecule has 1 aliphatic carbocycles. The molecule has 8 heteroatoms. The lowest BCUT2D eigenvalue weighted by Crippen LogP contribution is -2.34. The molecular formula is C25H27N7O. The maximum atomic E-state index is 12.9. The molecular weight excluding hydrogens is 414 g/mol. The number of hydrogen-bond acceptors (Lipinski definition) is 6. The van der Waals surface area contributed by atoms with Crippen LogP contribution in [0.25, 0.3) is 27.9 Å². The van der Waals surface area contributed by atoms with Crippen molar-refractivity contribution in [1.29, 1.82) is 0 Å². The second-order valence-electron chi connectivity index (χ2n) is 8.81. The van der Waals surface area contributed by atoms with Crippen molar-refractivity contribution < 1.29 is 4.79 Å². The van der Waals surface area contributed by atoms with Gasteiger partial charge < -0.3 is 15.2 Å². The smallest absolute Gasteiger partial charge is 0.226 e. The molecule has 5 rings (SSSR count). The third-order valence-electron chi connectivity index (χ3n) is 6.86. The Bertz CT molecular complexity index is 1320. The number of allylic oxidation sites excluding steroid dienone is 2. The Balaban J connectivity index is 1.62. The standard InChI is InChI=1S/C25H27N7O/c1-4-19-27-13-18(15(2)30-19)22-20(21-23(26)28-14-29-24(21)31(22)3)16-7-9-17(10-8-16)25(33)32-11-5-6-12-32/h1,7,13-14,17H,5-6,8-12H2,2-3H3,(H2,26,28,29)/t17-/m0/s1. The lowest BCUT2D eigenvalue weighted by Gasteiger charge is -2.26. The van der Waals surface area contributed by atoms with Gasteiger partial charge in [-0.1, -0.05) is 6.08 Å². The number of likely N-dealkylation sites (tertiary alicyclic amines) is 1. The van der Waals surface area contributed by atoms with Crippen molar-refractivity contribution >= 4 is 28.3 Å². The molecule has 0 saturated carbocycles. The van der Waals surface area contributed by atoms with E-state index in [0.717, 1.165) is 84.3 Å². The van der Waals surface area contributed by atoms with Crippen LogP contribution < -0.4 is 5.73 Å². The van der Waals surface area contributed by atoms with Crippen LogP contribution in [-0.2, 0) is 11.8 Å². The van der Waals surface area contributed by atoms with E-state index in [9.17, 15) is 4.79 Å². The van der Waals surface area contributed by atoms with Gasteiger partial charge in [0, 0.05) is 43.4 Å². The van der Waals surface area contributed by atoms with E-state index in [4.69, 9.17) is 12.2 Å². The lowest BCUT2D eigenvalue weighted by molar-refractivity contribution is -0.134. The van der Waals surface area contributed by atoms with E-state index in [1.54, 1.807) is 6.20 Å². The summed E-state index contributed by atoms with van der Waals surface area (Å²) in [6, 6.07) is 0. The molecule has 0 bridgehead atoms. The van der Waals surface area contributed by atoms with Gasteiger partial charge in [-0.3, -0.25) is 4.79 Å². The fourth-order valence-electron chi connectivity index (χ4n) is 5.15. The molecule has 4 heterocycles. The zero-order valence-electron chi connectivity index (χ0n) is 19.0. The van der Waals surface area contributed by atoms with Crippen LogP contribution in [0.1, 0.15) is 49.2 Å². The number of carbonyl (C=O) groups is 1.